The van der Waals surface area contributed by atoms with Gasteiger partial charge in [0, 0.05) is 6.42 Å². The van der Waals surface area contributed by atoms with Crippen LogP contribution >= 0.6 is 0 Å². The molecule has 0 saturated carbocycles. The Kier molecular flexibility index (Phi) is 7.40. The molecule has 0 spiro atoms. The third kappa shape index (κ3) is 5.86. The number of ether oxygens (including phenoxy) is 1. The van der Waals surface area contributed by atoms with Gasteiger partial charge in [0.1, 0.15) is 5.75 Å². The molecule has 0 fully saturated rings. The van der Waals surface area contributed by atoms with Gasteiger partial charge in [0.05, 0.1) is 25.9 Å². The second-order valence-electron chi connectivity index (χ2n) is 5.81. The van der Waals surface area contributed by atoms with Crippen molar-refractivity contribution < 1.29 is 14.1 Å². The fraction of sp³-hybridized carbons (Fsp3) is 0.500. The number of amides is 1. The minimum atomic E-state index is -0.105. The molecule has 1 aromatic carbocycles. The second-order valence-corrected chi connectivity index (χ2v) is 5.81. The zero-order valence-corrected chi connectivity index (χ0v) is 15.1. The summed E-state index contributed by atoms with van der Waals surface area (Å²) in [4.78, 5) is 18.8. The van der Waals surface area contributed by atoms with Crippen molar-refractivity contribution in [1.82, 2.24) is 15.0 Å². The lowest BCUT2D eigenvalue weighted by Gasteiger charge is -2.19. The molecule has 7 heteroatoms. The van der Waals surface area contributed by atoms with E-state index < -0.39 is 0 Å². The van der Waals surface area contributed by atoms with Crippen LogP contribution in [0.3, 0.4) is 0 Å². The van der Waals surface area contributed by atoms with Crippen LogP contribution in [0.1, 0.15) is 38.4 Å². The molecule has 0 aliphatic rings. The van der Waals surface area contributed by atoms with Gasteiger partial charge in [0.25, 0.3) is 0 Å². The monoisotopic (exact) mass is 346 g/mol. The maximum absolute atomic E-state index is 12.4. The number of para-hydroxylation sites is 2. The van der Waals surface area contributed by atoms with Gasteiger partial charge in [-0.1, -0.05) is 31.1 Å². The molecule has 0 aliphatic heterocycles. The van der Waals surface area contributed by atoms with Crippen molar-refractivity contribution in [2.45, 2.75) is 39.7 Å². The third-order valence-corrected chi connectivity index (χ3v) is 3.63. The minimum absolute atomic E-state index is 0.105. The molecule has 0 bridgehead atoms. The molecule has 2 aromatic rings. The Morgan fingerprint density at radius 2 is 2.08 bits per heavy atom. The summed E-state index contributed by atoms with van der Waals surface area (Å²) < 4.78 is 10.5. The molecular weight excluding hydrogens is 320 g/mol. The fourth-order valence-corrected chi connectivity index (χ4v) is 2.54. The van der Waals surface area contributed by atoms with Crippen LogP contribution < -0.4 is 10.1 Å². The summed E-state index contributed by atoms with van der Waals surface area (Å²) in [7, 11) is 1.58. The van der Waals surface area contributed by atoms with E-state index in [-0.39, 0.29) is 12.5 Å². The number of rotatable bonds is 10. The molecule has 1 heterocycles. The van der Waals surface area contributed by atoms with E-state index in [1.54, 1.807) is 7.11 Å². The number of hydrogen-bond acceptors (Lipinski definition) is 6. The smallest absolute Gasteiger partial charge is 0.240 e. The van der Waals surface area contributed by atoms with Crippen molar-refractivity contribution in [3.63, 3.8) is 0 Å². The molecule has 25 heavy (non-hydrogen) atoms. The lowest BCUT2D eigenvalue weighted by Crippen LogP contribution is -2.33. The lowest BCUT2D eigenvalue weighted by molar-refractivity contribution is -0.117. The highest BCUT2D eigenvalue weighted by Gasteiger charge is 2.15. The van der Waals surface area contributed by atoms with Crippen LogP contribution in [0.15, 0.2) is 28.8 Å². The average Bonchev–Trinajstić information content (AvgIpc) is 3.03. The van der Waals surface area contributed by atoms with E-state index in [4.69, 9.17) is 9.26 Å². The van der Waals surface area contributed by atoms with Crippen molar-refractivity contribution in [1.29, 1.82) is 0 Å². The molecule has 2 rings (SSSR count). The summed E-state index contributed by atoms with van der Waals surface area (Å²) in [5.41, 5.74) is 0.662. The van der Waals surface area contributed by atoms with Gasteiger partial charge in [0.15, 0.2) is 5.82 Å². The molecule has 0 unspecified atom stereocenters. The van der Waals surface area contributed by atoms with Crippen molar-refractivity contribution in [3.8, 4) is 5.75 Å². The highest BCUT2D eigenvalue weighted by molar-refractivity contribution is 5.93. The van der Waals surface area contributed by atoms with Gasteiger partial charge in [-0.15, -0.1) is 0 Å². The Hall–Kier alpha value is -2.41. The second kappa shape index (κ2) is 9.78. The number of carbonyl (C=O) groups excluding carboxylic acids is 1. The van der Waals surface area contributed by atoms with Crippen LogP contribution in [-0.2, 0) is 17.8 Å². The number of hydrogen-bond donors (Lipinski definition) is 1. The Bertz CT molecular complexity index is 672. The van der Waals surface area contributed by atoms with Gasteiger partial charge in [-0.25, -0.2) is 0 Å². The molecule has 0 saturated heterocycles. The maximum Gasteiger partial charge on any atom is 0.240 e. The van der Waals surface area contributed by atoms with Crippen molar-refractivity contribution in [2.75, 3.05) is 25.5 Å². The Balaban J connectivity index is 1.96. The largest absolute Gasteiger partial charge is 0.495 e. The normalized spacial score (nSPS) is 10.9. The predicted octanol–water partition coefficient (Wildman–Crippen LogP) is 2.88. The summed E-state index contributed by atoms with van der Waals surface area (Å²) in [6.07, 6.45) is 2.70. The first-order chi connectivity index (χ1) is 12.2. The first-order valence-electron chi connectivity index (χ1n) is 8.62. The fourth-order valence-electron chi connectivity index (χ4n) is 2.54. The molecule has 1 amide bonds. The molecule has 0 radical (unpaired) electrons. The zero-order valence-electron chi connectivity index (χ0n) is 15.1. The first kappa shape index (κ1) is 18.9. The molecule has 0 atom stereocenters. The highest BCUT2D eigenvalue weighted by Crippen LogP contribution is 2.22. The zero-order chi connectivity index (χ0) is 18.1. The summed E-state index contributed by atoms with van der Waals surface area (Å²) in [5, 5.41) is 6.85. The van der Waals surface area contributed by atoms with Crippen LogP contribution in [0.5, 0.6) is 5.75 Å². The van der Waals surface area contributed by atoms with E-state index >= 15 is 0 Å². The van der Waals surface area contributed by atoms with E-state index in [0.717, 1.165) is 25.8 Å². The summed E-state index contributed by atoms with van der Waals surface area (Å²) >= 11 is 0. The molecule has 1 aromatic heterocycles. The number of nitrogens with one attached hydrogen (secondary N) is 1. The summed E-state index contributed by atoms with van der Waals surface area (Å²) in [6, 6.07) is 7.35. The van der Waals surface area contributed by atoms with Gasteiger partial charge in [-0.3, -0.25) is 9.69 Å². The number of methoxy groups -OCH3 is 1. The summed E-state index contributed by atoms with van der Waals surface area (Å²) in [5.74, 6) is 1.79. The molecule has 136 valence electrons. The number of aromatic nitrogens is 2. The third-order valence-electron chi connectivity index (χ3n) is 3.63. The van der Waals surface area contributed by atoms with Crippen molar-refractivity contribution in [2.24, 2.45) is 0 Å². The van der Waals surface area contributed by atoms with E-state index in [0.29, 0.717) is 29.7 Å². The van der Waals surface area contributed by atoms with E-state index in [9.17, 15) is 4.79 Å². The summed E-state index contributed by atoms with van der Waals surface area (Å²) in [6.45, 7) is 5.62. The van der Waals surface area contributed by atoms with Gasteiger partial charge < -0.3 is 14.6 Å². The quantitative estimate of drug-likeness (QED) is 0.712. The van der Waals surface area contributed by atoms with Crippen LogP contribution in [0.25, 0.3) is 0 Å². The van der Waals surface area contributed by atoms with Crippen molar-refractivity contribution in [3.05, 3.63) is 36.0 Å². The van der Waals surface area contributed by atoms with E-state index in [1.807, 2.05) is 29.2 Å². The minimum Gasteiger partial charge on any atom is -0.495 e. The van der Waals surface area contributed by atoms with Crippen LogP contribution in [0.4, 0.5) is 5.69 Å². The molecule has 7 nitrogen and oxygen atoms in total. The maximum atomic E-state index is 12.4. The number of nitrogens with zero attached hydrogens (tertiary/aromatic N) is 3. The highest BCUT2D eigenvalue weighted by atomic mass is 16.5. The number of anilines is 1. The number of aryl methyl sites for hydroxylation is 1. The SMILES string of the molecule is CCCc1noc(CN(CCC)CC(=O)Nc2ccccc2OC)n1. The van der Waals surface area contributed by atoms with E-state index in [2.05, 4.69) is 29.3 Å². The topological polar surface area (TPSA) is 80.5 Å². The Morgan fingerprint density at radius 3 is 2.80 bits per heavy atom. The van der Waals surface area contributed by atoms with Crippen LogP contribution in [0, 0.1) is 0 Å². The molecule has 1 N–H and O–H groups in total. The van der Waals surface area contributed by atoms with Crippen molar-refractivity contribution >= 4 is 11.6 Å². The molecule has 0 aliphatic carbocycles. The lowest BCUT2D eigenvalue weighted by atomic mass is 10.3. The predicted molar refractivity (Wildman–Crippen MR) is 95.5 cm³/mol. The van der Waals surface area contributed by atoms with Gasteiger partial charge >= 0.3 is 0 Å². The molecular formula is C18H26N4O3. The Morgan fingerprint density at radius 1 is 1.28 bits per heavy atom. The van der Waals surface area contributed by atoms with E-state index in [1.165, 1.54) is 0 Å². The standard InChI is InChI=1S/C18H26N4O3/c1-4-8-16-20-18(25-21-16)13-22(11-5-2)12-17(23)19-14-9-6-7-10-15(14)24-3/h6-7,9-10H,4-5,8,11-13H2,1-3H3,(H,19,23). The Labute approximate surface area is 148 Å². The van der Waals surface area contributed by atoms with Gasteiger partial charge in [-0.05, 0) is 31.5 Å². The average molecular weight is 346 g/mol. The number of carbonyl (C=O) groups is 1. The van der Waals surface area contributed by atoms with Gasteiger partial charge in [0.2, 0.25) is 11.8 Å². The van der Waals surface area contributed by atoms with Crippen LogP contribution in [-0.4, -0.2) is 41.1 Å². The van der Waals surface area contributed by atoms with Gasteiger partial charge in [-0.2, -0.15) is 4.98 Å². The first-order valence-corrected chi connectivity index (χ1v) is 8.62. The number of benzene rings is 1. The van der Waals surface area contributed by atoms with Crippen LogP contribution in [0.2, 0.25) is 0 Å².